The molecule has 6 heteroatoms. The summed E-state index contributed by atoms with van der Waals surface area (Å²) < 4.78 is 0. The quantitative estimate of drug-likeness (QED) is 0.857. The van der Waals surface area contributed by atoms with Crippen LogP contribution in [-0.2, 0) is 4.79 Å². The number of likely N-dealkylation sites (N-methyl/N-ethyl adjacent to an activating group) is 1. The number of pyridine rings is 1. The van der Waals surface area contributed by atoms with E-state index in [1.165, 1.54) is 11.1 Å². The molecule has 2 amide bonds. The van der Waals surface area contributed by atoms with Gasteiger partial charge in [-0.3, -0.25) is 14.6 Å². The van der Waals surface area contributed by atoms with Crippen LogP contribution in [0.1, 0.15) is 16.1 Å². The van der Waals surface area contributed by atoms with Crippen molar-refractivity contribution in [2.75, 3.05) is 25.2 Å². The van der Waals surface area contributed by atoms with Crippen LogP contribution in [0.4, 0.5) is 5.69 Å². The molecule has 1 aromatic heterocycles. The van der Waals surface area contributed by atoms with Crippen molar-refractivity contribution in [3.05, 3.63) is 53.9 Å². The molecule has 0 fully saturated rings. The normalized spacial score (nSPS) is 10.2. The molecule has 0 saturated heterocycles. The van der Waals surface area contributed by atoms with Crippen LogP contribution < -0.4 is 5.32 Å². The number of benzene rings is 1. The third kappa shape index (κ3) is 4.56. The molecule has 0 aliphatic rings. The van der Waals surface area contributed by atoms with Gasteiger partial charge in [0.1, 0.15) is 0 Å². The lowest BCUT2D eigenvalue weighted by Gasteiger charge is -2.17. The molecule has 0 spiro atoms. The summed E-state index contributed by atoms with van der Waals surface area (Å²) in [6.45, 7) is 1.84. The smallest absolute Gasteiger partial charge is 0.255 e. The fourth-order valence-electron chi connectivity index (χ4n) is 2.04. The summed E-state index contributed by atoms with van der Waals surface area (Å²) in [5.74, 6) is -0.465. The van der Waals surface area contributed by atoms with E-state index in [-0.39, 0.29) is 18.4 Å². The number of carbonyl (C=O) groups excluding carboxylic acids is 2. The molecule has 0 aliphatic heterocycles. The Balaban J connectivity index is 1.99. The van der Waals surface area contributed by atoms with E-state index in [1.54, 1.807) is 30.9 Å². The van der Waals surface area contributed by atoms with E-state index in [0.29, 0.717) is 5.56 Å². The minimum absolute atomic E-state index is 0.0184. The van der Waals surface area contributed by atoms with Crippen LogP contribution in [-0.4, -0.2) is 41.5 Å². The van der Waals surface area contributed by atoms with Gasteiger partial charge >= 0.3 is 0 Å². The molecule has 5 nitrogen and oxygen atoms in total. The average molecular weight is 329 g/mol. The van der Waals surface area contributed by atoms with Gasteiger partial charge in [-0.1, -0.05) is 12.1 Å². The Morgan fingerprint density at radius 2 is 1.96 bits per heavy atom. The molecule has 2 rings (SSSR count). The van der Waals surface area contributed by atoms with E-state index >= 15 is 0 Å². The third-order valence-electron chi connectivity index (χ3n) is 3.27. The highest BCUT2D eigenvalue weighted by molar-refractivity contribution is 7.98. The predicted molar refractivity (Wildman–Crippen MR) is 92.8 cm³/mol. The molecule has 0 saturated carbocycles. The molecule has 0 radical (unpaired) electrons. The Morgan fingerprint density at radius 1 is 1.22 bits per heavy atom. The minimum atomic E-state index is -0.234. The topological polar surface area (TPSA) is 62.3 Å². The lowest BCUT2D eigenvalue weighted by Crippen LogP contribution is -2.35. The zero-order valence-electron chi connectivity index (χ0n) is 13.4. The number of nitrogens with one attached hydrogen (secondary N) is 1. The molecule has 23 heavy (non-hydrogen) atoms. The maximum absolute atomic E-state index is 12.3. The molecular weight excluding hydrogens is 310 g/mol. The summed E-state index contributed by atoms with van der Waals surface area (Å²) in [6.07, 6.45) is 3.47. The van der Waals surface area contributed by atoms with Crippen LogP contribution in [0, 0.1) is 6.92 Å². The summed E-state index contributed by atoms with van der Waals surface area (Å²) in [6, 6.07) is 11.0. The van der Waals surface area contributed by atoms with Gasteiger partial charge < -0.3 is 10.2 Å². The van der Waals surface area contributed by atoms with Crippen molar-refractivity contribution >= 4 is 29.3 Å². The number of aryl methyl sites for hydroxylation is 1. The largest absolute Gasteiger partial charge is 0.332 e. The molecule has 1 heterocycles. The van der Waals surface area contributed by atoms with Crippen LogP contribution in [0.3, 0.4) is 0 Å². The fourth-order valence-corrected chi connectivity index (χ4v) is 2.59. The first-order valence-electron chi connectivity index (χ1n) is 7.12. The van der Waals surface area contributed by atoms with E-state index in [9.17, 15) is 9.59 Å². The zero-order valence-corrected chi connectivity index (χ0v) is 14.2. The number of hydrogen-bond donors (Lipinski definition) is 1. The van der Waals surface area contributed by atoms with E-state index in [0.717, 1.165) is 16.3 Å². The van der Waals surface area contributed by atoms with Crippen molar-refractivity contribution in [2.45, 2.75) is 11.8 Å². The first-order chi connectivity index (χ1) is 11.0. The third-order valence-corrected chi connectivity index (χ3v) is 4.06. The number of para-hydroxylation sites is 1. The second-order valence-electron chi connectivity index (χ2n) is 5.10. The average Bonchev–Trinajstić information content (AvgIpc) is 2.55. The van der Waals surface area contributed by atoms with Gasteiger partial charge in [0.25, 0.3) is 5.91 Å². The summed E-state index contributed by atoms with van der Waals surface area (Å²) in [5.41, 5.74) is 2.06. The summed E-state index contributed by atoms with van der Waals surface area (Å²) in [7, 11) is 1.60. The fraction of sp³-hybridized carbons (Fsp3) is 0.235. The van der Waals surface area contributed by atoms with Crippen molar-refractivity contribution in [1.29, 1.82) is 0 Å². The summed E-state index contributed by atoms with van der Waals surface area (Å²) in [5, 5.41) is 2.84. The standard InChI is InChI=1S/C17H19N3O2S/c1-12-8-9-13(10-18-12)17(22)20(2)11-16(21)19-14-6-4-5-7-15(14)23-3/h4-10H,11H2,1-3H3,(H,19,21). The predicted octanol–water partition coefficient (Wildman–Crippen LogP) is 2.82. The zero-order chi connectivity index (χ0) is 16.8. The monoisotopic (exact) mass is 329 g/mol. The van der Waals surface area contributed by atoms with E-state index in [2.05, 4.69) is 10.3 Å². The van der Waals surface area contributed by atoms with Crippen LogP contribution >= 0.6 is 11.8 Å². The van der Waals surface area contributed by atoms with Gasteiger partial charge in [0, 0.05) is 23.8 Å². The van der Waals surface area contributed by atoms with Crippen LogP contribution in [0.5, 0.6) is 0 Å². The Labute approximate surface area is 140 Å². The van der Waals surface area contributed by atoms with Gasteiger partial charge in [0.2, 0.25) is 5.91 Å². The number of carbonyl (C=O) groups is 2. The lowest BCUT2D eigenvalue weighted by molar-refractivity contribution is -0.116. The Hall–Kier alpha value is -2.34. The molecule has 0 atom stereocenters. The second-order valence-corrected chi connectivity index (χ2v) is 5.95. The molecule has 0 unspecified atom stereocenters. The Morgan fingerprint density at radius 3 is 2.61 bits per heavy atom. The Bertz CT molecular complexity index is 701. The molecule has 120 valence electrons. The highest BCUT2D eigenvalue weighted by Crippen LogP contribution is 2.24. The van der Waals surface area contributed by atoms with Gasteiger partial charge in [-0.15, -0.1) is 11.8 Å². The van der Waals surface area contributed by atoms with Gasteiger partial charge in [0.15, 0.2) is 0 Å². The van der Waals surface area contributed by atoms with Crippen molar-refractivity contribution < 1.29 is 9.59 Å². The van der Waals surface area contributed by atoms with E-state index in [1.807, 2.05) is 37.4 Å². The molecule has 0 bridgehead atoms. The van der Waals surface area contributed by atoms with Gasteiger partial charge in [-0.05, 0) is 37.4 Å². The highest BCUT2D eigenvalue weighted by atomic mass is 32.2. The first kappa shape index (κ1) is 17.0. The maximum atomic E-state index is 12.3. The number of rotatable bonds is 5. The number of amides is 2. The highest BCUT2D eigenvalue weighted by Gasteiger charge is 2.16. The van der Waals surface area contributed by atoms with Crippen LogP contribution in [0.2, 0.25) is 0 Å². The number of hydrogen-bond acceptors (Lipinski definition) is 4. The number of nitrogens with zero attached hydrogens (tertiary/aromatic N) is 2. The van der Waals surface area contributed by atoms with Crippen LogP contribution in [0.25, 0.3) is 0 Å². The molecule has 2 aromatic rings. The van der Waals surface area contributed by atoms with Crippen LogP contribution in [0.15, 0.2) is 47.5 Å². The second kappa shape index (κ2) is 7.78. The first-order valence-corrected chi connectivity index (χ1v) is 8.34. The number of aromatic nitrogens is 1. The summed E-state index contributed by atoms with van der Waals surface area (Å²) >= 11 is 1.56. The van der Waals surface area contributed by atoms with Crippen molar-refractivity contribution in [1.82, 2.24) is 9.88 Å². The van der Waals surface area contributed by atoms with Gasteiger partial charge in [-0.2, -0.15) is 0 Å². The van der Waals surface area contributed by atoms with Crippen molar-refractivity contribution in [2.24, 2.45) is 0 Å². The minimum Gasteiger partial charge on any atom is -0.332 e. The van der Waals surface area contributed by atoms with Crippen molar-refractivity contribution in [3.63, 3.8) is 0 Å². The summed E-state index contributed by atoms with van der Waals surface area (Å²) in [4.78, 5) is 30.9. The number of thioether (sulfide) groups is 1. The molecular formula is C17H19N3O2S. The SMILES string of the molecule is CSc1ccccc1NC(=O)CN(C)C(=O)c1ccc(C)nc1. The van der Waals surface area contributed by atoms with Crippen molar-refractivity contribution in [3.8, 4) is 0 Å². The lowest BCUT2D eigenvalue weighted by atomic mass is 10.2. The molecule has 1 N–H and O–H groups in total. The molecule has 1 aromatic carbocycles. The maximum Gasteiger partial charge on any atom is 0.255 e. The van der Waals surface area contributed by atoms with Gasteiger partial charge in [0.05, 0.1) is 17.8 Å². The Kier molecular flexibility index (Phi) is 5.76. The van der Waals surface area contributed by atoms with E-state index in [4.69, 9.17) is 0 Å². The number of anilines is 1. The van der Waals surface area contributed by atoms with Gasteiger partial charge in [-0.25, -0.2) is 0 Å². The molecule has 0 aliphatic carbocycles. The van der Waals surface area contributed by atoms with E-state index < -0.39 is 0 Å².